The van der Waals surface area contributed by atoms with E-state index in [0.717, 1.165) is 0 Å². The van der Waals surface area contributed by atoms with E-state index in [4.69, 9.17) is 9.84 Å². The number of morpholine rings is 1. The van der Waals surface area contributed by atoms with E-state index in [1.165, 1.54) is 16.7 Å². The van der Waals surface area contributed by atoms with E-state index in [1.54, 1.807) is 6.92 Å². The predicted molar refractivity (Wildman–Crippen MR) is 58.8 cm³/mol. The van der Waals surface area contributed by atoms with E-state index in [2.05, 4.69) is 10.2 Å². The first-order valence-electron chi connectivity index (χ1n) is 5.28. The standard InChI is InChI=1S/C9H15N3O4S/c1-7-6-16-8(5-13)4-12(7)17(14,15)9-2-10-11-3-9/h2-3,7-8,13H,4-6H2,1H3,(H,10,11). The van der Waals surface area contributed by atoms with Crippen LogP contribution in [0.25, 0.3) is 0 Å². The average molecular weight is 261 g/mol. The number of hydrogen-bond donors (Lipinski definition) is 2. The van der Waals surface area contributed by atoms with Gasteiger partial charge in [-0.25, -0.2) is 8.42 Å². The molecule has 0 amide bonds. The molecule has 2 N–H and O–H groups in total. The summed E-state index contributed by atoms with van der Waals surface area (Å²) in [6.07, 6.45) is 2.14. The number of aromatic amines is 1. The molecule has 0 saturated carbocycles. The van der Waals surface area contributed by atoms with Gasteiger partial charge < -0.3 is 9.84 Å². The van der Waals surface area contributed by atoms with Gasteiger partial charge in [-0.1, -0.05) is 0 Å². The molecule has 1 aliphatic heterocycles. The van der Waals surface area contributed by atoms with Gasteiger partial charge in [0, 0.05) is 18.8 Å². The number of nitrogens with one attached hydrogen (secondary N) is 1. The molecule has 2 heterocycles. The smallest absolute Gasteiger partial charge is 0.246 e. The lowest BCUT2D eigenvalue weighted by Gasteiger charge is -2.35. The Balaban J connectivity index is 2.26. The van der Waals surface area contributed by atoms with Crippen LogP contribution in [0.15, 0.2) is 17.3 Å². The molecule has 0 aromatic carbocycles. The summed E-state index contributed by atoms with van der Waals surface area (Å²) in [6.45, 7) is 2.02. The normalized spacial score (nSPS) is 27.2. The lowest BCUT2D eigenvalue weighted by Crippen LogP contribution is -2.51. The summed E-state index contributed by atoms with van der Waals surface area (Å²) >= 11 is 0. The average Bonchev–Trinajstić information content (AvgIpc) is 2.83. The molecule has 96 valence electrons. The van der Waals surface area contributed by atoms with Crippen molar-refractivity contribution in [2.45, 2.75) is 24.0 Å². The molecule has 0 spiro atoms. The number of H-pyrrole nitrogens is 1. The van der Waals surface area contributed by atoms with Crippen LogP contribution in [0.1, 0.15) is 6.92 Å². The lowest BCUT2D eigenvalue weighted by molar-refractivity contribution is -0.0516. The Labute approximate surface area is 99.4 Å². The Hall–Kier alpha value is -0.960. The molecule has 2 atom stereocenters. The van der Waals surface area contributed by atoms with Gasteiger partial charge in [0.15, 0.2) is 0 Å². The summed E-state index contributed by atoms with van der Waals surface area (Å²) in [5.41, 5.74) is 0. The molecule has 1 saturated heterocycles. The molecule has 0 bridgehead atoms. The third kappa shape index (κ3) is 2.34. The second-order valence-corrected chi connectivity index (χ2v) is 5.89. The second kappa shape index (κ2) is 4.73. The van der Waals surface area contributed by atoms with Crippen molar-refractivity contribution in [1.82, 2.24) is 14.5 Å². The third-order valence-corrected chi connectivity index (χ3v) is 4.68. The minimum absolute atomic E-state index is 0.128. The minimum Gasteiger partial charge on any atom is -0.394 e. The van der Waals surface area contributed by atoms with Gasteiger partial charge in [0.1, 0.15) is 4.90 Å². The van der Waals surface area contributed by atoms with Gasteiger partial charge >= 0.3 is 0 Å². The molecule has 1 aromatic heterocycles. The van der Waals surface area contributed by atoms with E-state index in [9.17, 15) is 8.42 Å². The summed E-state index contributed by atoms with van der Waals surface area (Å²) in [5, 5.41) is 15.1. The topological polar surface area (TPSA) is 95.5 Å². The maximum atomic E-state index is 12.2. The van der Waals surface area contributed by atoms with Crippen molar-refractivity contribution in [3.63, 3.8) is 0 Å². The van der Waals surface area contributed by atoms with Crippen molar-refractivity contribution < 1.29 is 18.3 Å². The lowest BCUT2D eigenvalue weighted by atomic mass is 10.2. The highest BCUT2D eigenvalue weighted by Crippen LogP contribution is 2.21. The Morgan fingerprint density at radius 1 is 1.71 bits per heavy atom. The van der Waals surface area contributed by atoms with Gasteiger partial charge in [-0.05, 0) is 6.92 Å². The first kappa shape index (κ1) is 12.5. The van der Waals surface area contributed by atoms with Crippen molar-refractivity contribution in [2.75, 3.05) is 19.8 Å². The highest BCUT2D eigenvalue weighted by molar-refractivity contribution is 7.89. The number of nitrogens with zero attached hydrogens (tertiary/aromatic N) is 2. The largest absolute Gasteiger partial charge is 0.394 e. The van der Waals surface area contributed by atoms with Crippen LogP contribution in [0.3, 0.4) is 0 Å². The first-order valence-corrected chi connectivity index (χ1v) is 6.73. The van der Waals surface area contributed by atoms with Gasteiger partial charge in [-0.15, -0.1) is 0 Å². The van der Waals surface area contributed by atoms with E-state index in [-0.39, 0.29) is 30.7 Å². The molecule has 1 aromatic rings. The summed E-state index contributed by atoms with van der Waals surface area (Å²) in [7, 11) is -3.56. The second-order valence-electron chi connectivity index (χ2n) is 4.00. The van der Waals surface area contributed by atoms with Crippen molar-refractivity contribution in [3.8, 4) is 0 Å². The Kier molecular flexibility index (Phi) is 3.48. The zero-order chi connectivity index (χ0) is 12.5. The molecule has 7 nitrogen and oxygen atoms in total. The molecule has 0 radical (unpaired) electrons. The number of hydrogen-bond acceptors (Lipinski definition) is 5. The number of rotatable bonds is 3. The summed E-state index contributed by atoms with van der Waals surface area (Å²) in [4.78, 5) is 0.128. The van der Waals surface area contributed by atoms with E-state index in [1.807, 2.05) is 0 Å². The van der Waals surface area contributed by atoms with Gasteiger partial charge in [0.05, 0.1) is 25.5 Å². The van der Waals surface area contributed by atoms with Crippen LogP contribution in [0.2, 0.25) is 0 Å². The zero-order valence-corrected chi connectivity index (χ0v) is 10.2. The van der Waals surface area contributed by atoms with Crippen molar-refractivity contribution in [2.24, 2.45) is 0 Å². The van der Waals surface area contributed by atoms with Crippen LogP contribution < -0.4 is 0 Å². The predicted octanol–water partition coefficient (Wildman–Crippen LogP) is -0.820. The number of aromatic nitrogens is 2. The van der Waals surface area contributed by atoms with Crippen LogP contribution >= 0.6 is 0 Å². The van der Waals surface area contributed by atoms with Crippen molar-refractivity contribution >= 4 is 10.0 Å². The Morgan fingerprint density at radius 2 is 2.47 bits per heavy atom. The third-order valence-electron chi connectivity index (χ3n) is 2.73. The maximum Gasteiger partial charge on any atom is 0.246 e. The molecule has 8 heteroatoms. The molecule has 2 rings (SSSR count). The number of sulfonamides is 1. The van der Waals surface area contributed by atoms with Crippen LogP contribution in [0, 0.1) is 0 Å². The molecule has 0 aliphatic carbocycles. The highest BCUT2D eigenvalue weighted by atomic mass is 32.2. The highest BCUT2D eigenvalue weighted by Gasteiger charge is 2.35. The molecular formula is C9H15N3O4S. The molecule has 1 aliphatic rings. The van der Waals surface area contributed by atoms with Gasteiger partial charge in [0.25, 0.3) is 0 Å². The van der Waals surface area contributed by atoms with E-state index >= 15 is 0 Å². The monoisotopic (exact) mass is 261 g/mol. The number of ether oxygens (including phenoxy) is 1. The summed E-state index contributed by atoms with van der Waals surface area (Å²) in [5.74, 6) is 0. The van der Waals surface area contributed by atoms with Crippen LogP contribution in [0.5, 0.6) is 0 Å². The quantitative estimate of drug-likeness (QED) is 0.741. The fraction of sp³-hybridized carbons (Fsp3) is 0.667. The van der Waals surface area contributed by atoms with E-state index < -0.39 is 16.1 Å². The molecule has 1 fully saturated rings. The SMILES string of the molecule is CC1COC(CO)CN1S(=O)(=O)c1cn[nH]c1. The minimum atomic E-state index is -3.56. The van der Waals surface area contributed by atoms with Gasteiger partial charge in [-0.2, -0.15) is 9.40 Å². The summed E-state index contributed by atoms with van der Waals surface area (Å²) < 4.78 is 31.1. The van der Waals surface area contributed by atoms with Crippen molar-refractivity contribution in [1.29, 1.82) is 0 Å². The summed E-state index contributed by atoms with van der Waals surface area (Å²) in [6, 6.07) is -0.252. The van der Waals surface area contributed by atoms with Crippen molar-refractivity contribution in [3.05, 3.63) is 12.4 Å². The van der Waals surface area contributed by atoms with Crippen LogP contribution in [-0.2, 0) is 14.8 Å². The Morgan fingerprint density at radius 3 is 3.06 bits per heavy atom. The molecule has 17 heavy (non-hydrogen) atoms. The van der Waals surface area contributed by atoms with E-state index in [0.29, 0.717) is 0 Å². The Bertz CT molecular complexity index is 459. The number of aliphatic hydroxyl groups is 1. The fourth-order valence-corrected chi connectivity index (χ4v) is 3.31. The van der Waals surface area contributed by atoms with Gasteiger partial charge in [0.2, 0.25) is 10.0 Å². The van der Waals surface area contributed by atoms with Crippen LogP contribution in [0.4, 0.5) is 0 Å². The molecular weight excluding hydrogens is 246 g/mol. The zero-order valence-electron chi connectivity index (χ0n) is 9.41. The fourth-order valence-electron chi connectivity index (χ4n) is 1.75. The van der Waals surface area contributed by atoms with Crippen LogP contribution in [-0.4, -0.2) is 59.9 Å². The first-order chi connectivity index (χ1) is 8.05. The molecule has 2 unspecified atom stereocenters. The van der Waals surface area contributed by atoms with Gasteiger partial charge in [-0.3, -0.25) is 5.10 Å². The maximum absolute atomic E-state index is 12.2. The number of aliphatic hydroxyl groups excluding tert-OH is 1.